The molecule has 3 nitrogen and oxygen atoms in total. The van der Waals surface area contributed by atoms with Crippen LogP contribution in [0.15, 0.2) is 150 Å². The van der Waals surface area contributed by atoms with Crippen LogP contribution >= 0.6 is 7.14 Å². The summed E-state index contributed by atoms with van der Waals surface area (Å²) >= 11 is 0. The quantitative estimate of drug-likeness (QED) is 0.213. The van der Waals surface area contributed by atoms with Crippen LogP contribution in [-0.4, -0.2) is 4.57 Å². The smallest absolute Gasteiger partial charge is 0.171 e. The van der Waals surface area contributed by atoms with E-state index in [2.05, 4.69) is 65.2 Å². The van der Waals surface area contributed by atoms with Crippen molar-refractivity contribution in [3.05, 3.63) is 146 Å². The molecule has 8 rings (SSSR count). The maximum Gasteiger partial charge on any atom is 0.171 e. The van der Waals surface area contributed by atoms with Gasteiger partial charge in [0.25, 0.3) is 0 Å². The first-order valence-electron chi connectivity index (χ1n) is 13.4. The third-order valence-corrected chi connectivity index (χ3v) is 10.9. The molecule has 2 heterocycles. The summed E-state index contributed by atoms with van der Waals surface area (Å²) in [7, 11) is -3.14. The van der Waals surface area contributed by atoms with Gasteiger partial charge in [-0.15, -0.1) is 0 Å². The Morgan fingerprint density at radius 2 is 1.05 bits per heavy atom. The second kappa shape index (κ2) is 8.84. The minimum absolute atomic E-state index is 0.777. The van der Waals surface area contributed by atoms with E-state index in [9.17, 15) is 0 Å². The average Bonchev–Trinajstić information content (AvgIpc) is 3.57. The van der Waals surface area contributed by atoms with Crippen LogP contribution in [0.2, 0.25) is 0 Å². The summed E-state index contributed by atoms with van der Waals surface area (Å²) in [6.45, 7) is 0. The molecule has 0 unspecified atom stereocenters. The molecule has 0 spiro atoms. The maximum atomic E-state index is 15.1. The predicted molar refractivity (Wildman–Crippen MR) is 167 cm³/mol. The van der Waals surface area contributed by atoms with Gasteiger partial charge in [0.2, 0.25) is 0 Å². The van der Waals surface area contributed by atoms with Crippen molar-refractivity contribution in [2.24, 2.45) is 0 Å². The Hall–Kier alpha value is -4.85. The van der Waals surface area contributed by atoms with Crippen molar-refractivity contribution < 1.29 is 8.98 Å². The Balaban J connectivity index is 1.46. The van der Waals surface area contributed by atoms with Gasteiger partial charge in [0.1, 0.15) is 11.2 Å². The van der Waals surface area contributed by atoms with Crippen molar-refractivity contribution in [2.45, 2.75) is 0 Å². The fourth-order valence-corrected chi connectivity index (χ4v) is 8.76. The van der Waals surface area contributed by atoms with E-state index in [0.29, 0.717) is 0 Å². The van der Waals surface area contributed by atoms with Crippen LogP contribution in [0.25, 0.3) is 49.4 Å². The number of hydrogen-bond donors (Lipinski definition) is 0. The van der Waals surface area contributed by atoms with E-state index in [0.717, 1.165) is 54.6 Å². The lowest BCUT2D eigenvalue weighted by atomic mass is 10.1. The highest BCUT2D eigenvalue weighted by molar-refractivity contribution is 7.85. The summed E-state index contributed by atoms with van der Waals surface area (Å²) in [4.78, 5) is 0. The first-order valence-corrected chi connectivity index (χ1v) is 15.1. The molecule has 4 heteroatoms. The molecule has 8 aromatic rings. The lowest BCUT2D eigenvalue weighted by Crippen LogP contribution is -2.24. The van der Waals surface area contributed by atoms with Crippen molar-refractivity contribution >= 4 is 66.8 Å². The van der Waals surface area contributed by atoms with Gasteiger partial charge in [-0.05, 0) is 42.5 Å². The molecular weight excluding hydrogens is 509 g/mol. The van der Waals surface area contributed by atoms with E-state index < -0.39 is 7.14 Å². The number of rotatable bonds is 4. The van der Waals surface area contributed by atoms with Gasteiger partial charge in [0.15, 0.2) is 7.14 Å². The molecule has 0 bridgehead atoms. The average molecular weight is 534 g/mol. The van der Waals surface area contributed by atoms with Crippen LogP contribution in [-0.2, 0) is 4.57 Å². The second-order valence-corrected chi connectivity index (χ2v) is 12.9. The Kier molecular flexibility index (Phi) is 5.10. The highest BCUT2D eigenvalue weighted by Gasteiger charge is 2.30. The largest absolute Gasteiger partial charge is 0.456 e. The van der Waals surface area contributed by atoms with Gasteiger partial charge in [-0.1, -0.05) is 103 Å². The summed E-state index contributed by atoms with van der Waals surface area (Å²) in [6.07, 6.45) is 0. The van der Waals surface area contributed by atoms with Crippen LogP contribution in [0.4, 0.5) is 0 Å². The SMILES string of the molecule is O=P(c1ccccc1)(c1ccccc1)c1ccc2oc3cccc(-n4c5ccccc5c5ccccc54)c3c2c1. The summed E-state index contributed by atoms with van der Waals surface area (Å²) in [6, 6.07) is 48.9. The fourth-order valence-electron chi connectivity index (χ4n) is 6.08. The van der Waals surface area contributed by atoms with Crippen molar-refractivity contribution in [3.8, 4) is 5.69 Å². The van der Waals surface area contributed by atoms with Crippen molar-refractivity contribution in [1.29, 1.82) is 0 Å². The topological polar surface area (TPSA) is 35.1 Å². The van der Waals surface area contributed by atoms with Crippen molar-refractivity contribution in [3.63, 3.8) is 0 Å². The molecule has 0 aliphatic rings. The summed E-state index contributed by atoms with van der Waals surface area (Å²) in [5.41, 5.74) is 4.90. The van der Waals surface area contributed by atoms with E-state index in [1.54, 1.807) is 0 Å². The van der Waals surface area contributed by atoms with Gasteiger partial charge in [-0.2, -0.15) is 0 Å². The molecule has 0 aliphatic heterocycles. The standard InChI is InChI=1S/C36H24NO2P/c38-40(25-12-3-1-4-13-25,26-14-5-2-6-15-26)27-22-23-34-30(24-27)36-33(20-11-21-35(36)39-34)37-31-18-9-7-16-28(31)29-17-8-10-19-32(29)37/h1-24H. The Bertz CT molecular complexity index is 2150. The number of furan rings is 1. The van der Waals surface area contributed by atoms with Crippen LogP contribution < -0.4 is 15.9 Å². The van der Waals surface area contributed by atoms with Gasteiger partial charge in [-0.3, -0.25) is 0 Å². The van der Waals surface area contributed by atoms with Crippen molar-refractivity contribution in [1.82, 2.24) is 4.57 Å². The zero-order chi connectivity index (χ0) is 26.7. The summed E-state index contributed by atoms with van der Waals surface area (Å²) in [5.74, 6) is 0. The van der Waals surface area contributed by atoms with Crippen LogP contribution in [0.1, 0.15) is 0 Å². The minimum atomic E-state index is -3.14. The zero-order valence-corrected chi connectivity index (χ0v) is 22.5. The lowest BCUT2D eigenvalue weighted by Gasteiger charge is -2.20. The van der Waals surface area contributed by atoms with E-state index in [4.69, 9.17) is 4.42 Å². The molecule has 0 amide bonds. The Morgan fingerprint density at radius 3 is 1.68 bits per heavy atom. The highest BCUT2D eigenvalue weighted by Crippen LogP contribution is 2.44. The second-order valence-electron chi connectivity index (χ2n) is 10.1. The number of para-hydroxylation sites is 2. The van der Waals surface area contributed by atoms with Gasteiger partial charge < -0.3 is 13.5 Å². The third kappa shape index (κ3) is 3.28. The summed E-state index contributed by atoms with van der Waals surface area (Å²) in [5, 5.41) is 6.81. The number of benzene rings is 6. The molecule has 40 heavy (non-hydrogen) atoms. The molecule has 2 aromatic heterocycles. The van der Waals surface area contributed by atoms with E-state index in [1.807, 2.05) is 84.9 Å². The fraction of sp³-hybridized carbons (Fsp3) is 0. The minimum Gasteiger partial charge on any atom is -0.456 e. The van der Waals surface area contributed by atoms with Gasteiger partial charge in [-0.25, -0.2) is 0 Å². The highest BCUT2D eigenvalue weighted by atomic mass is 31.2. The number of fused-ring (bicyclic) bond motifs is 6. The molecule has 0 aliphatic carbocycles. The van der Waals surface area contributed by atoms with Crippen LogP contribution in [0, 0.1) is 0 Å². The molecular formula is C36H24NO2P. The first kappa shape index (κ1) is 23.1. The van der Waals surface area contributed by atoms with E-state index >= 15 is 4.57 Å². The van der Waals surface area contributed by atoms with Gasteiger partial charge >= 0.3 is 0 Å². The number of nitrogens with zero attached hydrogens (tertiary/aromatic N) is 1. The Labute approximate surface area is 231 Å². The molecule has 0 saturated heterocycles. The molecule has 190 valence electrons. The molecule has 0 atom stereocenters. The van der Waals surface area contributed by atoms with Crippen LogP contribution in [0.3, 0.4) is 0 Å². The first-order chi connectivity index (χ1) is 19.7. The third-order valence-electron chi connectivity index (χ3n) is 7.88. The normalized spacial score (nSPS) is 12.1. The van der Waals surface area contributed by atoms with Gasteiger partial charge in [0.05, 0.1) is 22.1 Å². The van der Waals surface area contributed by atoms with Crippen LogP contribution in [0.5, 0.6) is 0 Å². The summed E-state index contributed by atoms with van der Waals surface area (Å²) < 4.78 is 23.9. The number of hydrogen-bond acceptors (Lipinski definition) is 2. The predicted octanol–water partition coefficient (Wildman–Crippen LogP) is 8.32. The molecule has 0 N–H and O–H groups in total. The molecule has 6 aromatic carbocycles. The maximum absolute atomic E-state index is 15.1. The van der Waals surface area contributed by atoms with Gasteiger partial charge in [0, 0.05) is 32.1 Å². The van der Waals surface area contributed by atoms with E-state index in [-0.39, 0.29) is 0 Å². The molecule has 0 radical (unpaired) electrons. The molecule has 0 saturated carbocycles. The molecule has 0 fully saturated rings. The van der Waals surface area contributed by atoms with Crippen molar-refractivity contribution in [2.75, 3.05) is 0 Å². The van der Waals surface area contributed by atoms with E-state index in [1.165, 1.54) is 10.8 Å². The zero-order valence-electron chi connectivity index (χ0n) is 21.6. The Morgan fingerprint density at radius 1 is 0.475 bits per heavy atom. The lowest BCUT2D eigenvalue weighted by molar-refractivity contribution is 0.592. The number of aromatic nitrogens is 1. The monoisotopic (exact) mass is 533 g/mol.